The number of esters is 1. The number of carbonyl (C=O) groups excluding carboxylic acids is 2. The first-order chi connectivity index (χ1) is 10.9. The summed E-state index contributed by atoms with van der Waals surface area (Å²) in [5.41, 5.74) is 0.860. The van der Waals surface area contributed by atoms with Crippen LogP contribution in [0.15, 0.2) is 12.2 Å². The fourth-order valence-corrected chi connectivity index (χ4v) is 7.09. The third-order valence-electron chi connectivity index (χ3n) is 8.08. The second-order valence-corrected chi connectivity index (χ2v) is 8.71. The fraction of sp³-hybridized carbons (Fsp3) is 0.800. The molecule has 4 saturated carbocycles. The molecule has 4 rings (SSSR count). The molecular formula is C20H28O3. The summed E-state index contributed by atoms with van der Waals surface area (Å²) in [6.45, 7) is 6.49. The van der Waals surface area contributed by atoms with Gasteiger partial charge in [-0.15, -0.1) is 0 Å². The van der Waals surface area contributed by atoms with Crippen LogP contribution in [-0.4, -0.2) is 18.9 Å². The van der Waals surface area contributed by atoms with Gasteiger partial charge in [0.25, 0.3) is 0 Å². The molecule has 0 amide bonds. The maximum atomic E-state index is 13.0. The van der Waals surface area contributed by atoms with E-state index in [1.54, 1.807) is 0 Å². The van der Waals surface area contributed by atoms with Crippen LogP contribution in [0.4, 0.5) is 0 Å². The third kappa shape index (κ3) is 1.82. The molecule has 0 aromatic rings. The van der Waals surface area contributed by atoms with Gasteiger partial charge in [-0.05, 0) is 73.7 Å². The number of ether oxygens (including phenoxy) is 1. The van der Waals surface area contributed by atoms with E-state index in [4.69, 9.17) is 4.74 Å². The Labute approximate surface area is 138 Å². The summed E-state index contributed by atoms with van der Waals surface area (Å²) in [7, 11) is 1.51. The van der Waals surface area contributed by atoms with Gasteiger partial charge in [-0.2, -0.15) is 0 Å². The van der Waals surface area contributed by atoms with Crippen molar-refractivity contribution in [2.45, 2.75) is 58.3 Å². The van der Waals surface area contributed by atoms with Crippen molar-refractivity contribution in [1.82, 2.24) is 0 Å². The van der Waals surface area contributed by atoms with Crippen molar-refractivity contribution in [2.75, 3.05) is 7.11 Å². The van der Waals surface area contributed by atoms with Crippen molar-refractivity contribution >= 4 is 11.8 Å². The Morgan fingerprint density at radius 3 is 2.74 bits per heavy atom. The van der Waals surface area contributed by atoms with Gasteiger partial charge in [-0.1, -0.05) is 19.9 Å². The van der Waals surface area contributed by atoms with Crippen LogP contribution in [0.1, 0.15) is 58.3 Å². The molecule has 3 nitrogen and oxygen atoms in total. The molecule has 0 heterocycles. The van der Waals surface area contributed by atoms with Gasteiger partial charge in [0.05, 0.1) is 13.0 Å². The molecule has 4 fully saturated rings. The van der Waals surface area contributed by atoms with Crippen molar-refractivity contribution < 1.29 is 14.3 Å². The number of hydrogen-bond acceptors (Lipinski definition) is 3. The topological polar surface area (TPSA) is 43.4 Å². The summed E-state index contributed by atoms with van der Waals surface area (Å²) in [6, 6.07) is 0. The lowest BCUT2D eigenvalue weighted by Crippen LogP contribution is -2.56. The molecule has 4 aliphatic carbocycles. The highest BCUT2D eigenvalue weighted by atomic mass is 16.5. The summed E-state index contributed by atoms with van der Waals surface area (Å²) in [6.07, 6.45) is 8.42. The van der Waals surface area contributed by atoms with Gasteiger partial charge < -0.3 is 4.74 Å². The molecule has 23 heavy (non-hydrogen) atoms. The predicted octanol–water partition coefficient (Wildman–Crippen LogP) is 3.92. The Balaban J connectivity index is 1.73. The van der Waals surface area contributed by atoms with E-state index in [1.807, 2.05) is 0 Å². The van der Waals surface area contributed by atoms with Crippen LogP contribution in [0, 0.1) is 34.5 Å². The number of hydrogen-bond donors (Lipinski definition) is 0. The summed E-state index contributed by atoms with van der Waals surface area (Å²) >= 11 is 0. The maximum absolute atomic E-state index is 13.0. The van der Waals surface area contributed by atoms with Crippen molar-refractivity contribution in [3.63, 3.8) is 0 Å². The minimum Gasteiger partial charge on any atom is -0.469 e. The first-order valence-corrected chi connectivity index (χ1v) is 9.25. The van der Waals surface area contributed by atoms with Crippen LogP contribution < -0.4 is 0 Å². The van der Waals surface area contributed by atoms with E-state index in [-0.39, 0.29) is 22.7 Å². The molecule has 4 aliphatic rings. The first-order valence-electron chi connectivity index (χ1n) is 9.25. The molecule has 0 saturated heterocycles. The Kier molecular flexibility index (Phi) is 3.31. The molecule has 6 atom stereocenters. The second-order valence-electron chi connectivity index (χ2n) is 8.71. The normalized spacial score (nSPS) is 48.6. The molecule has 3 heteroatoms. The van der Waals surface area contributed by atoms with Gasteiger partial charge in [0, 0.05) is 5.41 Å². The number of ketones is 1. The van der Waals surface area contributed by atoms with Gasteiger partial charge >= 0.3 is 5.97 Å². The first kappa shape index (κ1) is 15.4. The smallest absolute Gasteiger partial charge is 0.308 e. The minimum atomic E-state index is -0.150. The van der Waals surface area contributed by atoms with Crippen LogP contribution >= 0.6 is 0 Å². The van der Waals surface area contributed by atoms with Gasteiger partial charge in [-0.3, -0.25) is 9.59 Å². The van der Waals surface area contributed by atoms with Crippen LogP contribution in [0.5, 0.6) is 0 Å². The lowest BCUT2D eigenvalue weighted by molar-refractivity contribution is -0.168. The highest BCUT2D eigenvalue weighted by Crippen LogP contribution is 2.69. The average molecular weight is 316 g/mol. The molecule has 126 valence electrons. The van der Waals surface area contributed by atoms with E-state index < -0.39 is 0 Å². The number of methoxy groups -OCH3 is 1. The third-order valence-corrected chi connectivity index (χ3v) is 8.08. The Hall–Kier alpha value is -1.12. The zero-order chi connectivity index (χ0) is 16.4. The van der Waals surface area contributed by atoms with Gasteiger partial charge in [0.1, 0.15) is 0 Å². The quantitative estimate of drug-likeness (QED) is 0.544. The molecule has 0 radical (unpaired) electrons. The van der Waals surface area contributed by atoms with E-state index in [2.05, 4.69) is 13.5 Å². The van der Waals surface area contributed by atoms with E-state index in [1.165, 1.54) is 7.11 Å². The molecule has 0 aromatic carbocycles. The highest BCUT2D eigenvalue weighted by molar-refractivity contribution is 6.03. The maximum Gasteiger partial charge on any atom is 0.308 e. The molecule has 1 unspecified atom stereocenters. The summed E-state index contributed by atoms with van der Waals surface area (Å²) in [5.74, 6) is 1.62. The van der Waals surface area contributed by atoms with Crippen molar-refractivity contribution in [3.8, 4) is 0 Å². The van der Waals surface area contributed by atoms with E-state index >= 15 is 0 Å². The largest absolute Gasteiger partial charge is 0.469 e. The minimum absolute atomic E-state index is 0.0345. The Morgan fingerprint density at radius 1 is 1.22 bits per heavy atom. The van der Waals surface area contributed by atoms with Gasteiger partial charge in [0.15, 0.2) is 5.78 Å². The second kappa shape index (κ2) is 4.94. The van der Waals surface area contributed by atoms with Crippen LogP contribution in [0.25, 0.3) is 0 Å². The number of allylic oxidation sites excluding steroid dienone is 1. The molecule has 0 N–H and O–H groups in total. The molecule has 0 aliphatic heterocycles. The van der Waals surface area contributed by atoms with Crippen LogP contribution in [0.3, 0.4) is 0 Å². The summed E-state index contributed by atoms with van der Waals surface area (Å²) in [4.78, 5) is 25.3. The molecular weight excluding hydrogens is 288 g/mol. The number of Topliss-reactive ketones (excluding diaryl/α,β-unsaturated/α-hetero) is 1. The van der Waals surface area contributed by atoms with Crippen LogP contribution in [0.2, 0.25) is 0 Å². The Morgan fingerprint density at radius 2 is 2.00 bits per heavy atom. The van der Waals surface area contributed by atoms with Crippen molar-refractivity contribution in [3.05, 3.63) is 12.2 Å². The van der Waals surface area contributed by atoms with E-state index in [0.717, 1.165) is 56.9 Å². The van der Waals surface area contributed by atoms with E-state index in [0.29, 0.717) is 23.5 Å². The number of fused-ring (bicyclic) bond motifs is 3. The van der Waals surface area contributed by atoms with Gasteiger partial charge in [0.2, 0.25) is 0 Å². The molecule has 2 bridgehead atoms. The predicted molar refractivity (Wildman–Crippen MR) is 87.6 cm³/mol. The number of carbonyl (C=O) groups is 2. The average Bonchev–Trinajstić information content (AvgIpc) is 2.73. The standard InChI is InChI=1S/C20H28O3/c1-12-13-6-7-16-19(2)9-4-5-14(18(22)23-3)15(19)8-10-20(16,11-13)17(12)21/h13-16H,1,4-11H2,2-3H3/t13-,14-,15?,16+,19-,20-/m1/s1. The van der Waals surface area contributed by atoms with Crippen molar-refractivity contribution in [2.24, 2.45) is 34.5 Å². The monoisotopic (exact) mass is 316 g/mol. The Bertz CT molecular complexity index is 579. The van der Waals surface area contributed by atoms with Crippen LogP contribution in [-0.2, 0) is 14.3 Å². The summed E-state index contributed by atoms with van der Waals surface area (Å²) < 4.78 is 5.10. The molecule has 1 spiro atoms. The van der Waals surface area contributed by atoms with E-state index in [9.17, 15) is 9.59 Å². The van der Waals surface area contributed by atoms with Gasteiger partial charge in [-0.25, -0.2) is 0 Å². The summed E-state index contributed by atoms with van der Waals surface area (Å²) in [5, 5.41) is 0. The number of rotatable bonds is 1. The lowest BCUT2D eigenvalue weighted by Gasteiger charge is -2.60. The SMILES string of the molecule is C=C1C(=O)[C@@]23CCC4[C@H](C(=O)OC)CCC[C@@]4(C)[C@@H]2CC[C@@H]1C3. The fourth-order valence-electron chi connectivity index (χ4n) is 7.09. The zero-order valence-electron chi connectivity index (χ0n) is 14.4. The molecule has 0 aromatic heterocycles. The van der Waals surface area contributed by atoms with Crippen molar-refractivity contribution in [1.29, 1.82) is 0 Å². The zero-order valence-corrected chi connectivity index (χ0v) is 14.4. The lowest BCUT2D eigenvalue weighted by atomic mass is 9.43. The highest BCUT2D eigenvalue weighted by Gasteiger charge is 2.65.